The molecule has 1 aromatic carbocycles. The van der Waals surface area contributed by atoms with E-state index < -0.39 is 0 Å². The lowest BCUT2D eigenvalue weighted by atomic mass is 9.89. The lowest BCUT2D eigenvalue weighted by molar-refractivity contribution is 0.293. The van der Waals surface area contributed by atoms with Crippen molar-refractivity contribution in [3.05, 3.63) is 35.8 Å². The van der Waals surface area contributed by atoms with Crippen LogP contribution in [0.4, 0.5) is 4.39 Å². The molecule has 3 heteroatoms. The Bertz CT molecular complexity index is 543. The zero-order valence-corrected chi connectivity index (χ0v) is 12.6. The fourth-order valence-electron chi connectivity index (χ4n) is 3.03. The Hall–Kier alpha value is -1.35. The largest absolute Gasteiger partial charge is 0.456 e. The zero-order valence-electron chi connectivity index (χ0n) is 12.6. The molecule has 0 aliphatic carbocycles. The van der Waals surface area contributed by atoms with Crippen LogP contribution >= 0.6 is 0 Å². The van der Waals surface area contributed by atoms with Crippen LogP contribution in [0, 0.1) is 11.7 Å². The van der Waals surface area contributed by atoms with E-state index in [-0.39, 0.29) is 11.9 Å². The lowest BCUT2D eigenvalue weighted by Crippen LogP contribution is -2.24. The van der Waals surface area contributed by atoms with Crippen LogP contribution in [0.1, 0.15) is 51.3 Å². The molecule has 1 aromatic heterocycles. The average molecular weight is 277 g/mol. The summed E-state index contributed by atoms with van der Waals surface area (Å²) in [7, 11) is 1.95. The maximum absolute atomic E-state index is 13.7. The molecular formula is C17H24FNO. The van der Waals surface area contributed by atoms with Gasteiger partial charge in [-0.25, -0.2) is 4.39 Å². The van der Waals surface area contributed by atoms with Crippen molar-refractivity contribution >= 4 is 11.0 Å². The lowest BCUT2D eigenvalue weighted by Gasteiger charge is -2.24. The summed E-state index contributed by atoms with van der Waals surface area (Å²) >= 11 is 0. The van der Waals surface area contributed by atoms with E-state index in [1.165, 1.54) is 6.07 Å². The van der Waals surface area contributed by atoms with Crippen LogP contribution in [0.2, 0.25) is 0 Å². The summed E-state index contributed by atoms with van der Waals surface area (Å²) in [4.78, 5) is 0. The van der Waals surface area contributed by atoms with Crippen LogP contribution in [-0.2, 0) is 0 Å². The van der Waals surface area contributed by atoms with E-state index in [1.807, 2.05) is 19.2 Å². The molecule has 1 unspecified atom stereocenters. The smallest absolute Gasteiger partial charge is 0.169 e. The first kappa shape index (κ1) is 15.0. The molecule has 0 spiro atoms. The van der Waals surface area contributed by atoms with Gasteiger partial charge in [-0.3, -0.25) is 0 Å². The van der Waals surface area contributed by atoms with Crippen LogP contribution in [-0.4, -0.2) is 7.05 Å². The zero-order chi connectivity index (χ0) is 14.5. The fourth-order valence-corrected chi connectivity index (χ4v) is 3.03. The number of rotatable bonds is 7. The van der Waals surface area contributed by atoms with Gasteiger partial charge in [-0.15, -0.1) is 0 Å². The van der Waals surface area contributed by atoms with Gasteiger partial charge in [0.25, 0.3) is 0 Å². The highest BCUT2D eigenvalue weighted by molar-refractivity contribution is 5.78. The van der Waals surface area contributed by atoms with E-state index in [9.17, 15) is 4.39 Å². The number of hydrogen-bond donors (Lipinski definition) is 1. The highest BCUT2D eigenvalue weighted by Crippen LogP contribution is 2.33. The average Bonchev–Trinajstić information content (AvgIpc) is 2.85. The van der Waals surface area contributed by atoms with Crippen molar-refractivity contribution in [2.75, 3.05) is 7.05 Å². The number of hydrogen-bond acceptors (Lipinski definition) is 2. The minimum Gasteiger partial charge on any atom is -0.456 e. The molecule has 2 rings (SSSR count). The van der Waals surface area contributed by atoms with Gasteiger partial charge < -0.3 is 9.73 Å². The van der Waals surface area contributed by atoms with Gasteiger partial charge in [0.15, 0.2) is 11.4 Å². The Balaban J connectivity index is 2.34. The Morgan fingerprint density at radius 3 is 2.45 bits per heavy atom. The maximum Gasteiger partial charge on any atom is 0.169 e. The summed E-state index contributed by atoms with van der Waals surface area (Å²) in [5.41, 5.74) is 0.370. The monoisotopic (exact) mass is 277 g/mol. The Labute approximate surface area is 120 Å². The summed E-state index contributed by atoms with van der Waals surface area (Å²) in [6, 6.07) is 7.19. The van der Waals surface area contributed by atoms with Crippen LogP contribution < -0.4 is 5.32 Å². The Kier molecular flexibility index (Phi) is 5.18. The van der Waals surface area contributed by atoms with Crippen LogP contribution in [0.25, 0.3) is 11.0 Å². The Morgan fingerprint density at radius 1 is 1.20 bits per heavy atom. The molecule has 2 nitrogen and oxygen atoms in total. The molecule has 1 atom stereocenters. The van der Waals surface area contributed by atoms with Crippen LogP contribution in [0.3, 0.4) is 0 Å². The molecule has 0 bridgehead atoms. The molecule has 0 radical (unpaired) electrons. The third-order valence-electron chi connectivity index (χ3n) is 3.92. The summed E-state index contributed by atoms with van der Waals surface area (Å²) in [5.74, 6) is 1.09. The van der Waals surface area contributed by atoms with Crippen molar-refractivity contribution in [2.24, 2.45) is 5.92 Å². The first-order chi connectivity index (χ1) is 9.71. The molecule has 1 N–H and O–H groups in total. The molecule has 0 amide bonds. The molecule has 0 fully saturated rings. The maximum atomic E-state index is 13.7. The summed E-state index contributed by atoms with van der Waals surface area (Å²) < 4.78 is 19.5. The Morgan fingerprint density at radius 2 is 1.90 bits per heavy atom. The number of para-hydroxylation sites is 1. The highest BCUT2D eigenvalue weighted by Gasteiger charge is 2.24. The summed E-state index contributed by atoms with van der Waals surface area (Å²) in [5, 5.41) is 4.19. The minimum absolute atomic E-state index is 0.154. The molecule has 0 saturated heterocycles. The summed E-state index contributed by atoms with van der Waals surface area (Å²) in [6.45, 7) is 4.40. The molecule has 0 aliphatic heterocycles. The predicted molar refractivity (Wildman–Crippen MR) is 81.3 cm³/mol. The molecule has 20 heavy (non-hydrogen) atoms. The van der Waals surface area contributed by atoms with E-state index in [1.54, 1.807) is 6.07 Å². The summed E-state index contributed by atoms with van der Waals surface area (Å²) in [6.07, 6.45) is 4.60. The number of fused-ring (bicyclic) bond motifs is 1. The molecule has 2 aromatic rings. The number of furan rings is 1. The first-order valence-electron chi connectivity index (χ1n) is 7.56. The van der Waals surface area contributed by atoms with Gasteiger partial charge in [0, 0.05) is 5.39 Å². The second-order valence-corrected chi connectivity index (χ2v) is 5.41. The second-order valence-electron chi connectivity index (χ2n) is 5.41. The topological polar surface area (TPSA) is 25.2 Å². The van der Waals surface area contributed by atoms with Gasteiger partial charge in [-0.05, 0) is 37.9 Å². The van der Waals surface area contributed by atoms with Gasteiger partial charge in [-0.1, -0.05) is 38.8 Å². The SMILES string of the molecule is CCCC(CCC)C(NC)c1cc2cccc(F)c2o1. The van der Waals surface area contributed by atoms with Crippen LogP contribution in [0.5, 0.6) is 0 Å². The normalized spacial score (nSPS) is 13.2. The predicted octanol–water partition coefficient (Wildman–Crippen LogP) is 5.05. The van der Waals surface area contributed by atoms with Crippen molar-refractivity contribution in [1.29, 1.82) is 0 Å². The number of benzene rings is 1. The first-order valence-corrected chi connectivity index (χ1v) is 7.56. The van der Waals surface area contributed by atoms with Crippen LogP contribution in [0.15, 0.2) is 28.7 Å². The van der Waals surface area contributed by atoms with E-state index in [4.69, 9.17) is 4.42 Å². The van der Waals surface area contributed by atoms with Gasteiger partial charge in [0.1, 0.15) is 5.76 Å². The van der Waals surface area contributed by atoms with E-state index >= 15 is 0 Å². The second kappa shape index (κ2) is 6.89. The fraction of sp³-hybridized carbons (Fsp3) is 0.529. The molecule has 0 saturated carbocycles. The van der Waals surface area contributed by atoms with E-state index in [0.29, 0.717) is 11.5 Å². The van der Waals surface area contributed by atoms with Crippen molar-refractivity contribution in [3.63, 3.8) is 0 Å². The number of nitrogens with one attached hydrogen (secondary N) is 1. The van der Waals surface area contributed by atoms with Crippen molar-refractivity contribution in [3.8, 4) is 0 Å². The molecule has 0 aliphatic rings. The molecule has 110 valence electrons. The third kappa shape index (κ3) is 3.04. The molecule has 1 heterocycles. The minimum atomic E-state index is -0.286. The molecular weight excluding hydrogens is 253 g/mol. The van der Waals surface area contributed by atoms with Gasteiger partial charge in [0.05, 0.1) is 6.04 Å². The van der Waals surface area contributed by atoms with E-state index in [2.05, 4.69) is 19.2 Å². The third-order valence-corrected chi connectivity index (χ3v) is 3.92. The highest BCUT2D eigenvalue weighted by atomic mass is 19.1. The van der Waals surface area contributed by atoms with Gasteiger partial charge in [-0.2, -0.15) is 0 Å². The van der Waals surface area contributed by atoms with Gasteiger partial charge in [0.2, 0.25) is 0 Å². The van der Waals surface area contributed by atoms with E-state index in [0.717, 1.165) is 36.8 Å². The van der Waals surface area contributed by atoms with Crippen molar-refractivity contribution < 1.29 is 8.81 Å². The standard InChI is InChI=1S/C17H24FNO/c1-4-7-12(8-5-2)16(19-3)15-11-13-9-6-10-14(18)17(13)20-15/h6,9-12,16,19H,4-5,7-8H2,1-3H3. The van der Waals surface area contributed by atoms with Gasteiger partial charge >= 0.3 is 0 Å². The van der Waals surface area contributed by atoms with Crippen molar-refractivity contribution in [1.82, 2.24) is 5.32 Å². The van der Waals surface area contributed by atoms with Crippen molar-refractivity contribution in [2.45, 2.75) is 45.6 Å². The quantitative estimate of drug-likeness (QED) is 0.766. The number of halogens is 1.